The van der Waals surface area contributed by atoms with E-state index in [4.69, 9.17) is 19.3 Å². The van der Waals surface area contributed by atoms with Crippen LogP contribution in [0.15, 0.2) is 128 Å². The molecule has 18 heteroatoms. The van der Waals surface area contributed by atoms with E-state index in [1.54, 1.807) is 38.4 Å². The van der Waals surface area contributed by atoms with Crippen LogP contribution in [0.5, 0.6) is 5.75 Å². The smallest absolute Gasteiger partial charge is 0.426 e. The van der Waals surface area contributed by atoms with Gasteiger partial charge in [-0.2, -0.15) is 13.2 Å². The maximum Gasteiger partial charge on any atom is 0.426 e. The minimum absolute atomic E-state index is 0.00100. The van der Waals surface area contributed by atoms with E-state index in [-0.39, 0.29) is 51.7 Å². The van der Waals surface area contributed by atoms with Gasteiger partial charge in [0.2, 0.25) is 6.10 Å². The molecule has 92 heavy (non-hydrogen) atoms. The number of pyridine rings is 1. The second-order valence-electron chi connectivity index (χ2n) is 28.4. The zero-order chi connectivity index (χ0) is 68.3. The summed E-state index contributed by atoms with van der Waals surface area (Å²) in [7, 11) is -5.21. The van der Waals surface area contributed by atoms with Crippen molar-refractivity contribution in [1.82, 2.24) is 4.98 Å². The van der Waals surface area contributed by atoms with Crippen molar-refractivity contribution in [3.8, 4) is 10.6 Å². The Morgan fingerprint density at radius 2 is 1.13 bits per heavy atom. The predicted molar refractivity (Wildman–Crippen MR) is 357 cm³/mol. The highest BCUT2D eigenvalue weighted by atomic mass is 32.2. The monoisotopic (exact) mass is 1310 g/mol. The summed E-state index contributed by atoms with van der Waals surface area (Å²) in [5.74, 6) is -2.71. The molecule has 5 aliphatic carbocycles. The largest absolute Gasteiger partial charge is 0.748 e. The minimum Gasteiger partial charge on any atom is -0.748 e. The van der Waals surface area contributed by atoms with Crippen LogP contribution in [-0.2, 0) is 53.8 Å². The zero-order valence-electron chi connectivity index (χ0n) is 56.4. The summed E-state index contributed by atoms with van der Waals surface area (Å²) in [6, 6.07) is 39.6. The summed E-state index contributed by atoms with van der Waals surface area (Å²) in [4.78, 5) is 54.9. The second-order valence-corrected chi connectivity index (χ2v) is 31.8. The van der Waals surface area contributed by atoms with Crippen molar-refractivity contribution >= 4 is 64.6 Å². The first-order valence-corrected chi connectivity index (χ1v) is 35.3. The predicted octanol–water partition coefficient (Wildman–Crippen LogP) is 18.6. The lowest BCUT2D eigenvalue weighted by Gasteiger charge is -2.60. The van der Waals surface area contributed by atoms with Crippen LogP contribution in [0.1, 0.15) is 204 Å². The number of benzene rings is 4. The van der Waals surface area contributed by atoms with Crippen LogP contribution < -0.4 is 0 Å². The molecule has 0 amide bonds. The summed E-state index contributed by atoms with van der Waals surface area (Å²) in [5, 5.41) is 11.8. The van der Waals surface area contributed by atoms with Crippen LogP contribution in [0.3, 0.4) is 0 Å². The summed E-state index contributed by atoms with van der Waals surface area (Å²) in [5.41, 5.74) is -2.27. The molecule has 2 aromatic heterocycles. The first-order chi connectivity index (χ1) is 42.9. The molecule has 0 aliphatic heterocycles. The Bertz CT molecular complexity index is 3470. The Kier molecular flexibility index (Phi) is 24.6. The number of halogens is 3. The normalized spacial score (nSPS) is 20.7. The van der Waals surface area contributed by atoms with E-state index < -0.39 is 67.5 Å². The van der Waals surface area contributed by atoms with E-state index in [1.807, 2.05) is 86.6 Å². The maximum absolute atomic E-state index is 13.3. The maximum atomic E-state index is 13.3. The molecule has 4 aromatic carbocycles. The Labute approximate surface area is 546 Å². The molecular weight excluding hydrogens is 1220 g/mol. The SMILES string of the molecule is CCC(C)(C)C(=O)OC(C)(C)c1ccncc1.CCC(C)(C)C(=O)OC1(C)CCCC1.CCC(C)(C)C(=O)OC12CC3CC(C1)CC(C(=O)OC(CS(=O)(=O)[O-])C(F)(F)F)(C3)C2.CCC(C)c1ccc(O)cc1.c1ccc(-[s+]2c3ccccc3c3ccccc32)cc1. The van der Waals surface area contributed by atoms with Crippen molar-refractivity contribution < 1.29 is 69.4 Å². The number of carbonyl (C=O) groups is 4. The third-order valence-corrected chi connectivity index (χ3v) is 22.4. The van der Waals surface area contributed by atoms with Gasteiger partial charge in [-0.1, -0.05) is 89.2 Å². The topological polar surface area (TPSA) is 196 Å². The summed E-state index contributed by atoms with van der Waals surface area (Å²) in [6.07, 6.45) is 5.44. The molecule has 5 aliphatic rings. The van der Waals surface area contributed by atoms with Crippen LogP contribution in [-0.4, -0.2) is 76.2 Å². The first kappa shape index (κ1) is 74.7. The Hall–Kier alpha value is -6.37. The number of esters is 4. The molecule has 11 rings (SSSR count). The van der Waals surface area contributed by atoms with Gasteiger partial charge in [-0.05, 0) is 235 Å². The molecule has 0 radical (unpaired) electrons. The molecule has 2 heterocycles. The number of aromatic hydroxyl groups is 1. The highest BCUT2D eigenvalue weighted by Crippen LogP contribution is 2.64. The standard InChI is InChI=1S/C20H29F3O7S.C18H13S.C14H21NO2.C12H22O2.C10H14O/c1-4-17(2,3)15(24)30-19-8-12-5-13(9-19)7-18(6-12,11-19)16(25)29-14(20(21,22)23)10-31(26,27)28;1-2-8-14(9-3-1)19-17-12-6-4-10-15(17)16-11-5-7-13-18(16)19;1-6-13(2,3)12(16)17-14(4,5)11-7-9-15-10-8-11;1-5-11(2,3)10(13)14-12(4)8-6-7-9-12;1-3-8(2)9-4-6-10(11)7-5-9/h12-14H,4-11H2,1-3H3,(H,26,27,28);1-13H;7-10H,6H2,1-5H3;5-9H2,1-4H3;4-8,11H,3H2,1-2H3/q;+1;;;/p-1. The first-order valence-electron chi connectivity index (χ1n) is 32.5. The molecule has 0 saturated heterocycles. The number of ether oxygens (including phenoxy) is 4. The molecule has 504 valence electrons. The van der Waals surface area contributed by atoms with Gasteiger partial charge in [-0.25, -0.2) is 8.42 Å². The summed E-state index contributed by atoms with van der Waals surface area (Å²) in [6.45, 7) is 27.3. The van der Waals surface area contributed by atoms with Gasteiger partial charge in [0, 0.05) is 40.1 Å². The average Bonchev–Trinajstić information content (AvgIpc) is 0.739. The van der Waals surface area contributed by atoms with Gasteiger partial charge in [0.25, 0.3) is 0 Å². The molecule has 4 unspecified atom stereocenters. The van der Waals surface area contributed by atoms with Gasteiger partial charge < -0.3 is 28.6 Å². The molecular formula is C74H98F3NO12S2. The average molecular weight is 1310 g/mol. The molecule has 5 saturated carbocycles. The fraction of sp³-hybridized carbons (Fsp3) is 0.554. The number of thiophene rings is 1. The number of alkyl halides is 3. The molecule has 13 nitrogen and oxygen atoms in total. The van der Waals surface area contributed by atoms with Gasteiger partial charge in [0.15, 0.2) is 14.3 Å². The summed E-state index contributed by atoms with van der Waals surface area (Å²) < 4.78 is 97.2. The van der Waals surface area contributed by atoms with E-state index in [0.29, 0.717) is 43.8 Å². The molecule has 5 fully saturated rings. The number of aromatic nitrogens is 1. The highest BCUT2D eigenvalue weighted by Gasteiger charge is 2.64. The highest BCUT2D eigenvalue weighted by molar-refractivity contribution is 7.85. The van der Waals surface area contributed by atoms with Crippen molar-refractivity contribution in [2.24, 2.45) is 33.5 Å². The lowest BCUT2D eigenvalue weighted by molar-refractivity contribution is -0.239. The Morgan fingerprint density at radius 1 is 0.663 bits per heavy atom. The second kappa shape index (κ2) is 30.4. The van der Waals surface area contributed by atoms with E-state index in [0.717, 1.165) is 44.1 Å². The molecule has 6 aromatic rings. The number of hydrogen-bond acceptors (Lipinski definition) is 13. The third kappa shape index (κ3) is 19.4. The number of nitrogens with zero attached hydrogens (tertiary/aromatic N) is 1. The van der Waals surface area contributed by atoms with Crippen molar-refractivity contribution in [3.63, 3.8) is 0 Å². The Balaban J connectivity index is 0.000000192. The molecule has 4 bridgehead atoms. The third-order valence-electron chi connectivity index (χ3n) is 19.3. The van der Waals surface area contributed by atoms with Gasteiger partial charge in [0.1, 0.15) is 22.6 Å². The van der Waals surface area contributed by atoms with Crippen molar-refractivity contribution in [3.05, 3.63) is 139 Å². The van der Waals surface area contributed by atoms with E-state index in [2.05, 4.69) is 109 Å². The van der Waals surface area contributed by atoms with Crippen molar-refractivity contribution in [1.29, 1.82) is 0 Å². The number of carbonyl (C=O) groups excluding carboxylic acids is 4. The van der Waals surface area contributed by atoms with Gasteiger partial charge >= 0.3 is 30.1 Å². The molecule has 0 spiro atoms. The van der Waals surface area contributed by atoms with Gasteiger partial charge in [-0.3, -0.25) is 24.2 Å². The van der Waals surface area contributed by atoms with Crippen molar-refractivity contribution in [2.45, 2.75) is 222 Å². The van der Waals surface area contributed by atoms with E-state index in [1.165, 1.54) is 43.5 Å². The number of fused-ring (bicyclic) bond motifs is 3. The van der Waals surface area contributed by atoms with Crippen molar-refractivity contribution in [2.75, 3.05) is 5.75 Å². The van der Waals surface area contributed by atoms with E-state index >= 15 is 0 Å². The number of phenols is 1. The molecule has 4 atom stereocenters. The fourth-order valence-electron chi connectivity index (χ4n) is 12.4. The van der Waals surface area contributed by atoms with Gasteiger partial charge in [0.05, 0.1) is 37.5 Å². The number of rotatable bonds is 17. The number of hydrogen-bond donors (Lipinski definition) is 1. The van der Waals surface area contributed by atoms with E-state index in [9.17, 15) is 45.3 Å². The summed E-state index contributed by atoms with van der Waals surface area (Å²) >= 11 is 0. The minimum atomic E-state index is -5.27. The van der Waals surface area contributed by atoms with Crippen LogP contribution in [0, 0.1) is 33.5 Å². The zero-order valence-corrected chi connectivity index (χ0v) is 58.0. The lowest BCUT2D eigenvalue weighted by atomic mass is 9.48. The van der Waals surface area contributed by atoms with Crippen LogP contribution in [0.2, 0.25) is 0 Å². The number of phenolic OH excluding ortho intramolecular Hbond substituents is 1. The van der Waals surface area contributed by atoms with Crippen LogP contribution in [0.4, 0.5) is 13.2 Å². The van der Waals surface area contributed by atoms with Crippen LogP contribution >= 0.6 is 10.5 Å². The van der Waals surface area contributed by atoms with Gasteiger partial charge in [-0.15, -0.1) is 0 Å². The quantitative estimate of drug-likeness (QED) is 0.0392. The molecule has 1 N–H and O–H groups in total. The fourth-order valence-corrected chi connectivity index (χ4v) is 15.4. The van der Waals surface area contributed by atoms with Crippen LogP contribution in [0.25, 0.3) is 25.1 Å². The Morgan fingerprint density at radius 3 is 1.60 bits per heavy atom. The lowest BCUT2D eigenvalue weighted by Crippen LogP contribution is -2.61.